The molecule has 0 saturated carbocycles. The lowest BCUT2D eigenvalue weighted by molar-refractivity contribution is 0.0966. The van der Waals surface area contributed by atoms with Crippen LogP contribution in [0.25, 0.3) is 16.6 Å². The standard InChI is InChI=1S/C19H14N4O2/c24-17(14-7-3-1-4-8-14)13-23-19(25)18-15(11-20-23)12-22(21-18)16-9-5-2-6-10-16/h1-12H,13H2. The fourth-order valence-corrected chi connectivity index (χ4v) is 2.63. The third kappa shape index (κ3) is 2.85. The van der Waals surface area contributed by atoms with Gasteiger partial charge in [0, 0.05) is 17.1 Å². The van der Waals surface area contributed by atoms with Crippen molar-refractivity contribution in [2.45, 2.75) is 6.54 Å². The van der Waals surface area contributed by atoms with Gasteiger partial charge in [-0.05, 0) is 12.1 Å². The number of hydrogen-bond acceptors (Lipinski definition) is 4. The van der Waals surface area contributed by atoms with E-state index in [4.69, 9.17) is 0 Å². The van der Waals surface area contributed by atoms with Crippen LogP contribution < -0.4 is 5.56 Å². The lowest BCUT2D eigenvalue weighted by Gasteiger charge is -2.03. The Balaban J connectivity index is 1.71. The van der Waals surface area contributed by atoms with Crippen molar-refractivity contribution in [3.05, 3.63) is 89.0 Å². The van der Waals surface area contributed by atoms with E-state index >= 15 is 0 Å². The van der Waals surface area contributed by atoms with Gasteiger partial charge in [-0.2, -0.15) is 10.2 Å². The molecule has 0 fully saturated rings. The summed E-state index contributed by atoms with van der Waals surface area (Å²) in [5, 5.41) is 9.10. The van der Waals surface area contributed by atoms with Crippen molar-refractivity contribution >= 4 is 16.7 Å². The van der Waals surface area contributed by atoms with Gasteiger partial charge in [0.2, 0.25) is 0 Å². The Labute approximate surface area is 143 Å². The molecule has 0 radical (unpaired) electrons. The summed E-state index contributed by atoms with van der Waals surface area (Å²) in [5.41, 5.74) is 1.31. The zero-order valence-corrected chi connectivity index (χ0v) is 13.2. The number of nitrogens with zero attached hydrogens (tertiary/aromatic N) is 4. The molecule has 0 aliphatic heterocycles. The van der Waals surface area contributed by atoms with Crippen LogP contribution in [0.2, 0.25) is 0 Å². The van der Waals surface area contributed by atoms with Crippen molar-refractivity contribution in [2.24, 2.45) is 0 Å². The van der Waals surface area contributed by atoms with Crippen LogP contribution in [0.5, 0.6) is 0 Å². The van der Waals surface area contributed by atoms with Crippen LogP contribution in [-0.4, -0.2) is 25.3 Å². The minimum Gasteiger partial charge on any atom is -0.292 e. The molecule has 2 aromatic carbocycles. The van der Waals surface area contributed by atoms with Crippen molar-refractivity contribution in [2.75, 3.05) is 0 Å². The topological polar surface area (TPSA) is 69.8 Å². The molecule has 4 aromatic rings. The van der Waals surface area contributed by atoms with E-state index in [9.17, 15) is 9.59 Å². The first kappa shape index (κ1) is 15.0. The summed E-state index contributed by atoms with van der Waals surface area (Å²) >= 11 is 0. The van der Waals surface area contributed by atoms with E-state index in [1.54, 1.807) is 41.3 Å². The summed E-state index contributed by atoms with van der Waals surface area (Å²) < 4.78 is 2.79. The number of carbonyl (C=O) groups is 1. The number of hydrogen-bond donors (Lipinski definition) is 0. The molecule has 25 heavy (non-hydrogen) atoms. The van der Waals surface area contributed by atoms with Crippen molar-refractivity contribution < 1.29 is 4.79 Å². The van der Waals surface area contributed by atoms with E-state index in [-0.39, 0.29) is 17.9 Å². The third-order valence-electron chi connectivity index (χ3n) is 3.93. The Morgan fingerprint density at radius 3 is 2.36 bits per heavy atom. The second-order valence-corrected chi connectivity index (χ2v) is 5.61. The zero-order chi connectivity index (χ0) is 17.2. The first-order valence-electron chi connectivity index (χ1n) is 7.81. The number of para-hydroxylation sites is 1. The highest BCUT2D eigenvalue weighted by molar-refractivity contribution is 5.95. The van der Waals surface area contributed by atoms with Gasteiger partial charge in [-0.1, -0.05) is 48.5 Å². The van der Waals surface area contributed by atoms with Crippen LogP contribution in [-0.2, 0) is 6.54 Å². The molecule has 6 heteroatoms. The summed E-state index contributed by atoms with van der Waals surface area (Å²) in [5.74, 6) is -0.169. The molecular formula is C19H14N4O2. The summed E-state index contributed by atoms with van der Waals surface area (Å²) in [7, 11) is 0. The number of ketones is 1. The Bertz CT molecular complexity index is 1100. The van der Waals surface area contributed by atoms with Gasteiger partial charge in [0.05, 0.1) is 11.9 Å². The van der Waals surface area contributed by atoms with Gasteiger partial charge in [0.1, 0.15) is 6.54 Å². The third-order valence-corrected chi connectivity index (χ3v) is 3.93. The van der Waals surface area contributed by atoms with Gasteiger partial charge in [-0.15, -0.1) is 0 Å². The first-order chi connectivity index (χ1) is 12.2. The van der Waals surface area contributed by atoms with Crippen molar-refractivity contribution in [3.63, 3.8) is 0 Å². The summed E-state index contributed by atoms with van der Waals surface area (Å²) in [6.07, 6.45) is 3.31. The van der Waals surface area contributed by atoms with Gasteiger partial charge < -0.3 is 0 Å². The normalized spacial score (nSPS) is 10.9. The number of rotatable bonds is 4. The lowest BCUT2D eigenvalue weighted by Crippen LogP contribution is -2.26. The predicted molar refractivity (Wildman–Crippen MR) is 93.9 cm³/mol. The fraction of sp³-hybridized carbons (Fsp3) is 0.0526. The molecular weight excluding hydrogens is 316 g/mol. The highest BCUT2D eigenvalue weighted by Gasteiger charge is 2.13. The SMILES string of the molecule is O=C(Cn1ncc2cn(-c3ccccc3)nc2c1=O)c1ccccc1. The van der Waals surface area contributed by atoms with Gasteiger partial charge in [0.15, 0.2) is 11.3 Å². The Morgan fingerprint density at radius 2 is 1.64 bits per heavy atom. The van der Waals surface area contributed by atoms with E-state index < -0.39 is 0 Å². The molecule has 0 aliphatic rings. The van der Waals surface area contributed by atoms with E-state index in [1.165, 1.54) is 0 Å². The number of Topliss-reactive ketones (excluding diaryl/α,β-unsaturated/α-hetero) is 1. The van der Waals surface area contributed by atoms with E-state index in [2.05, 4.69) is 10.2 Å². The Kier molecular flexibility index (Phi) is 3.70. The van der Waals surface area contributed by atoms with Crippen LogP contribution in [0.4, 0.5) is 0 Å². The van der Waals surface area contributed by atoms with Crippen LogP contribution in [0, 0.1) is 0 Å². The zero-order valence-electron chi connectivity index (χ0n) is 13.2. The number of fused-ring (bicyclic) bond motifs is 1. The van der Waals surface area contributed by atoms with Crippen LogP contribution in [0.15, 0.2) is 77.9 Å². The maximum absolute atomic E-state index is 12.6. The van der Waals surface area contributed by atoms with E-state index in [0.29, 0.717) is 16.5 Å². The monoisotopic (exact) mass is 330 g/mol. The summed E-state index contributed by atoms with van der Waals surface area (Å²) in [6, 6.07) is 18.4. The van der Waals surface area contributed by atoms with Crippen LogP contribution in [0.1, 0.15) is 10.4 Å². The quantitative estimate of drug-likeness (QED) is 0.539. The van der Waals surface area contributed by atoms with Crippen molar-refractivity contribution in [1.82, 2.24) is 19.6 Å². The fourth-order valence-electron chi connectivity index (χ4n) is 2.63. The predicted octanol–water partition coefficient (Wildman–Crippen LogP) is 2.47. The van der Waals surface area contributed by atoms with E-state index in [1.807, 2.05) is 36.4 Å². The highest BCUT2D eigenvalue weighted by atomic mass is 16.1. The molecule has 2 heterocycles. The molecule has 0 aliphatic carbocycles. The molecule has 4 rings (SSSR count). The smallest absolute Gasteiger partial charge is 0.292 e. The molecule has 0 bridgehead atoms. The molecule has 0 N–H and O–H groups in total. The summed E-state index contributed by atoms with van der Waals surface area (Å²) in [6.45, 7) is -0.114. The largest absolute Gasteiger partial charge is 0.295 e. The molecule has 0 amide bonds. The van der Waals surface area contributed by atoms with Gasteiger partial charge in [0.25, 0.3) is 5.56 Å². The van der Waals surface area contributed by atoms with Gasteiger partial charge in [-0.3, -0.25) is 9.59 Å². The van der Waals surface area contributed by atoms with Gasteiger partial charge >= 0.3 is 0 Å². The van der Waals surface area contributed by atoms with Crippen molar-refractivity contribution in [1.29, 1.82) is 0 Å². The molecule has 0 atom stereocenters. The lowest BCUT2D eigenvalue weighted by atomic mass is 10.1. The van der Waals surface area contributed by atoms with E-state index in [0.717, 1.165) is 10.4 Å². The van der Waals surface area contributed by atoms with Crippen LogP contribution in [0.3, 0.4) is 0 Å². The Morgan fingerprint density at radius 1 is 0.960 bits per heavy atom. The summed E-state index contributed by atoms with van der Waals surface area (Å²) in [4.78, 5) is 24.9. The second-order valence-electron chi connectivity index (χ2n) is 5.61. The molecule has 6 nitrogen and oxygen atoms in total. The van der Waals surface area contributed by atoms with Crippen LogP contribution >= 0.6 is 0 Å². The Hall–Kier alpha value is -3.54. The maximum atomic E-state index is 12.6. The molecule has 2 aromatic heterocycles. The highest BCUT2D eigenvalue weighted by Crippen LogP contribution is 2.12. The minimum absolute atomic E-state index is 0.114. The second kappa shape index (κ2) is 6.16. The average Bonchev–Trinajstić information content (AvgIpc) is 3.11. The van der Waals surface area contributed by atoms with Gasteiger partial charge in [-0.25, -0.2) is 9.36 Å². The number of carbonyl (C=O) groups excluding carboxylic acids is 1. The van der Waals surface area contributed by atoms with Crippen molar-refractivity contribution in [3.8, 4) is 5.69 Å². The molecule has 0 saturated heterocycles. The molecule has 0 spiro atoms. The first-order valence-corrected chi connectivity index (χ1v) is 7.81. The minimum atomic E-state index is -0.378. The number of benzene rings is 2. The average molecular weight is 330 g/mol. The molecule has 0 unspecified atom stereocenters. The number of aromatic nitrogens is 4. The maximum Gasteiger partial charge on any atom is 0.295 e. The molecule has 122 valence electrons.